The van der Waals surface area contributed by atoms with Gasteiger partial charge in [0, 0.05) is 10.0 Å². The highest BCUT2D eigenvalue weighted by Crippen LogP contribution is 2.27. The van der Waals surface area contributed by atoms with Crippen molar-refractivity contribution < 1.29 is 4.39 Å². The molecule has 0 saturated carbocycles. The van der Waals surface area contributed by atoms with E-state index in [2.05, 4.69) is 10.3 Å². The second kappa shape index (κ2) is 5.55. The van der Waals surface area contributed by atoms with Crippen LogP contribution >= 0.6 is 23.2 Å². The van der Waals surface area contributed by atoms with Gasteiger partial charge in [0.05, 0.1) is 6.04 Å². The van der Waals surface area contributed by atoms with Crippen molar-refractivity contribution in [3.05, 3.63) is 58.0 Å². The van der Waals surface area contributed by atoms with E-state index in [1.165, 1.54) is 6.07 Å². The van der Waals surface area contributed by atoms with Crippen LogP contribution in [0, 0.1) is 5.95 Å². The maximum Gasteiger partial charge on any atom is 0.214 e. The number of nitrogens with zero attached hydrogens (tertiary/aromatic N) is 1. The van der Waals surface area contributed by atoms with Crippen molar-refractivity contribution in [3.8, 4) is 0 Å². The highest BCUT2D eigenvalue weighted by molar-refractivity contribution is 6.35. The first-order chi connectivity index (χ1) is 8.56. The van der Waals surface area contributed by atoms with Crippen LogP contribution in [0.1, 0.15) is 18.5 Å². The molecule has 0 aliphatic rings. The molecule has 5 heteroatoms. The topological polar surface area (TPSA) is 24.9 Å². The van der Waals surface area contributed by atoms with Gasteiger partial charge in [0.2, 0.25) is 5.95 Å². The van der Waals surface area contributed by atoms with Gasteiger partial charge in [-0.3, -0.25) is 0 Å². The Hall–Kier alpha value is -1.32. The number of halogens is 3. The first-order valence-corrected chi connectivity index (χ1v) is 6.16. The summed E-state index contributed by atoms with van der Waals surface area (Å²) in [4.78, 5) is 3.74. The number of aromatic nitrogens is 1. The Bertz CT molecular complexity index is 560. The molecule has 0 amide bonds. The van der Waals surface area contributed by atoms with Crippen molar-refractivity contribution in [1.82, 2.24) is 4.98 Å². The Balaban J connectivity index is 2.19. The SMILES string of the molecule is CC(Nc1cccc(F)n1)c1ccc(Cl)cc1Cl. The summed E-state index contributed by atoms with van der Waals surface area (Å²) in [6.07, 6.45) is 0. The van der Waals surface area contributed by atoms with Gasteiger partial charge in [0.25, 0.3) is 0 Å². The van der Waals surface area contributed by atoms with Gasteiger partial charge in [0.1, 0.15) is 5.82 Å². The maximum atomic E-state index is 13.0. The standard InChI is InChI=1S/C13H11Cl2FN2/c1-8(10-6-5-9(14)7-11(10)15)17-13-4-2-3-12(16)18-13/h2-8H,1H3,(H,17,18). The van der Waals surface area contributed by atoms with E-state index in [-0.39, 0.29) is 6.04 Å². The maximum absolute atomic E-state index is 13.0. The van der Waals surface area contributed by atoms with E-state index in [9.17, 15) is 4.39 Å². The second-order valence-electron chi connectivity index (χ2n) is 3.88. The quantitative estimate of drug-likeness (QED) is 0.827. The number of nitrogens with one attached hydrogen (secondary N) is 1. The lowest BCUT2D eigenvalue weighted by Crippen LogP contribution is -2.08. The van der Waals surface area contributed by atoms with Crippen molar-refractivity contribution >= 4 is 29.0 Å². The zero-order valence-corrected chi connectivity index (χ0v) is 11.1. The van der Waals surface area contributed by atoms with Crippen LogP contribution in [-0.4, -0.2) is 4.98 Å². The van der Waals surface area contributed by atoms with Gasteiger partial charge in [-0.15, -0.1) is 0 Å². The normalized spacial score (nSPS) is 12.2. The third-order valence-electron chi connectivity index (χ3n) is 2.51. The number of benzene rings is 1. The molecule has 18 heavy (non-hydrogen) atoms. The lowest BCUT2D eigenvalue weighted by Gasteiger charge is -2.16. The van der Waals surface area contributed by atoms with Crippen molar-refractivity contribution in [2.24, 2.45) is 0 Å². The summed E-state index contributed by atoms with van der Waals surface area (Å²) in [6, 6.07) is 9.77. The smallest absolute Gasteiger partial charge is 0.214 e. The van der Waals surface area contributed by atoms with Crippen molar-refractivity contribution in [2.45, 2.75) is 13.0 Å². The van der Waals surface area contributed by atoms with Crippen LogP contribution < -0.4 is 5.32 Å². The third-order valence-corrected chi connectivity index (χ3v) is 3.07. The molecule has 0 bridgehead atoms. The predicted molar refractivity (Wildman–Crippen MR) is 72.7 cm³/mol. The van der Waals surface area contributed by atoms with E-state index in [0.29, 0.717) is 15.9 Å². The summed E-state index contributed by atoms with van der Waals surface area (Å²) in [6.45, 7) is 1.92. The van der Waals surface area contributed by atoms with Crippen LogP contribution in [0.5, 0.6) is 0 Å². The van der Waals surface area contributed by atoms with E-state index >= 15 is 0 Å². The van der Waals surface area contributed by atoms with Crippen LogP contribution in [0.25, 0.3) is 0 Å². The molecule has 1 unspecified atom stereocenters. The van der Waals surface area contributed by atoms with Crippen molar-refractivity contribution in [2.75, 3.05) is 5.32 Å². The van der Waals surface area contributed by atoms with Crippen LogP contribution in [0.4, 0.5) is 10.2 Å². The van der Waals surface area contributed by atoms with E-state index in [4.69, 9.17) is 23.2 Å². The third kappa shape index (κ3) is 3.12. The molecule has 0 saturated heterocycles. The Morgan fingerprint density at radius 2 is 2.00 bits per heavy atom. The van der Waals surface area contributed by atoms with Gasteiger partial charge in [-0.2, -0.15) is 4.39 Å². The molecule has 1 N–H and O–H groups in total. The molecule has 0 fully saturated rings. The van der Waals surface area contributed by atoms with E-state index in [1.807, 2.05) is 13.0 Å². The molecule has 94 valence electrons. The number of anilines is 1. The second-order valence-corrected chi connectivity index (χ2v) is 4.72. The molecular formula is C13H11Cl2FN2. The largest absolute Gasteiger partial charge is 0.363 e. The van der Waals surface area contributed by atoms with Crippen LogP contribution in [0.2, 0.25) is 10.0 Å². The molecule has 1 atom stereocenters. The van der Waals surface area contributed by atoms with Crippen molar-refractivity contribution in [1.29, 1.82) is 0 Å². The monoisotopic (exact) mass is 284 g/mol. The number of rotatable bonds is 3. The summed E-state index contributed by atoms with van der Waals surface area (Å²) in [5.74, 6) is -0.0529. The fourth-order valence-electron chi connectivity index (χ4n) is 1.64. The lowest BCUT2D eigenvalue weighted by molar-refractivity contribution is 0.584. The molecule has 0 aliphatic heterocycles. The Morgan fingerprint density at radius 3 is 2.67 bits per heavy atom. The molecule has 2 rings (SSSR count). The van der Waals surface area contributed by atoms with Gasteiger partial charge in [-0.25, -0.2) is 4.98 Å². The first-order valence-electron chi connectivity index (χ1n) is 5.40. The summed E-state index contributed by atoms with van der Waals surface area (Å²) in [7, 11) is 0. The molecule has 1 aromatic carbocycles. The minimum absolute atomic E-state index is 0.0935. The molecule has 2 aromatic rings. The summed E-state index contributed by atoms with van der Waals surface area (Å²) in [5.41, 5.74) is 0.882. The highest BCUT2D eigenvalue weighted by Gasteiger charge is 2.10. The summed E-state index contributed by atoms with van der Waals surface area (Å²) >= 11 is 11.9. The van der Waals surface area contributed by atoms with Crippen molar-refractivity contribution in [3.63, 3.8) is 0 Å². The Morgan fingerprint density at radius 1 is 1.22 bits per heavy atom. The van der Waals surface area contributed by atoms with E-state index in [1.54, 1.807) is 24.3 Å². The first kappa shape index (κ1) is 13.1. The van der Waals surface area contributed by atoms with Crippen LogP contribution in [0.15, 0.2) is 36.4 Å². The average molecular weight is 285 g/mol. The molecule has 0 spiro atoms. The number of hydrogen-bond acceptors (Lipinski definition) is 2. The van der Waals surface area contributed by atoms with Gasteiger partial charge in [-0.1, -0.05) is 35.3 Å². The summed E-state index contributed by atoms with van der Waals surface area (Å²) < 4.78 is 13.0. The molecular weight excluding hydrogens is 274 g/mol. The fourth-order valence-corrected chi connectivity index (χ4v) is 2.21. The fraction of sp³-hybridized carbons (Fsp3) is 0.154. The van der Waals surface area contributed by atoms with Gasteiger partial charge in [0.15, 0.2) is 0 Å². The van der Waals surface area contributed by atoms with Crippen LogP contribution in [-0.2, 0) is 0 Å². The van der Waals surface area contributed by atoms with E-state index in [0.717, 1.165) is 5.56 Å². The van der Waals surface area contributed by atoms with Gasteiger partial charge < -0.3 is 5.32 Å². The number of hydrogen-bond donors (Lipinski definition) is 1. The highest BCUT2D eigenvalue weighted by atomic mass is 35.5. The summed E-state index contributed by atoms with van der Waals surface area (Å²) in [5, 5.41) is 4.23. The average Bonchev–Trinajstić information content (AvgIpc) is 2.28. The zero-order chi connectivity index (χ0) is 13.1. The number of pyridine rings is 1. The Kier molecular flexibility index (Phi) is 4.04. The molecule has 1 aromatic heterocycles. The minimum Gasteiger partial charge on any atom is -0.363 e. The molecule has 1 heterocycles. The predicted octanol–water partition coefficient (Wildman–Crippen LogP) is 4.70. The molecule has 0 radical (unpaired) electrons. The Labute approximate surface area is 115 Å². The lowest BCUT2D eigenvalue weighted by atomic mass is 10.1. The van der Waals surface area contributed by atoms with Gasteiger partial charge >= 0.3 is 0 Å². The molecule has 0 aliphatic carbocycles. The van der Waals surface area contributed by atoms with E-state index < -0.39 is 5.95 Å². The zero-order valence-electron chi connectivity index (χ0n) is 9.62. The minimum atomic E-state index is -0.519. The van der Waals surface area contributed by atoms with Crippen LogP contribution in [0.3, 0.4) is 0 Å². The van der Waals surface area contributed by atoms with Gasteiger partial charge in [-0.05, 0) is 36.8 Å². The molecule has 2 nitrogen and oxygen atoms in total.